The first-order valence-electron chi connectivity index (χ1n) is 5.80. The van der Waals surface area contributed by atoms with Crippen molar-refractivity contribution < 1.29 is 14.3 Å². The predicted octanol–water partition coefficient (Wildman–Crippen LogP) is 3.00. The number of nitrogens with zero attached hydrogens (tertiary/aromatic N) is 3. The Labute approximate surface area is 122 Å². The number of carboxylic acid groups (broad SMARTS) is 1. The van der Waals surface area contributed by atoms with Crippen LogP contribution in [0, 0.1) is 6.92 Å². The maximum absolute atomic E-state index is 11.1. The molecular weight excluding hydrogens is 326 g/mol. The maximum Gasteiger partial charge on any atom is 0.357 e. The number of hydrogen-bond donors (Lipinski definition) is 1. The van der Waals surface area contributed by atoms with Gasteiger partial charge in [-0.15, -0.1) is 0 Å². The van der Waals surface area contributed by atoms with E-state index in [-0.39, 0.29) is 5.69 Å². The lowest BCUT2D eigenvalue weighted by Crippen LogP contribution is -1.99. The first kappa shape index (κ1) is 12.9. The van der Waals surface area contributed by atoms with Crippen LogP contribution in [-0.2, 0) is 7.05 Å². The fraction of sp³-hybridized carbons (Fsp3) is 0.154. The van der Waals surface area contributed by atoms with E-state index in [4.69, 9.17) is 9.52 Å². The molecule has 0 aliphatic carbocycles. The summed E-state index contributed by atoms with van der Waals surface area (Å²) in [5.74, 6) is -0.482. The summed E-state index contributed by atoms with van der Waals surface area (Å²) in [6.07, 6.45) is 0. The Morgan fingerprint density at radius 2 is 2.20 bits per heavy atom. The topological polar surface area (TPSA) is 81.1 Å². The summed E-state index contributed by atoms with van der Waals surface area (Å²) in [7, 11) is 1.70. The highest BCUT2D eigenvalue weighted by atomic mass is 79.9. The number of rotatable bonds is 2. The summed E-state index contributed by atoms with van der Waals surface area (Å²) in [6, 6.07) is 5.50. The second-order valence-electron chi connectivity index (χ2n) is 4.36. The van der Waals surface area contributed by atoms with Gasteiger partial charge in [-0.3, -0.25) is 4.68 Å². The van der Waals surface area contributed by atoms with E-state index in [9.17, 15) is 4.79 Å². The Kier molecular flexibility index (Phi) is 2.86. The van der Waals surface area contributed by atoms with Gasteiger partial charge in [0.15, 0.2) is 17.2 Å². The van der Waals surface area contributed by atoms with Crippen molar-refractivity contribution in [2.24, 2.45) is 7.05 Å². The van der Waals surface area contributed by atoms with Gasteiger partial charge >= 0.3 is 5.97 Å². The van der Waals surface area contributed by atoms with Crippen molar-refractivity contribution in [1.82, 2.24) is 14.8 Å². The van der Waals surface area contributed by atoms with Crippen molar-refractivity contribution >= 4 is 33.0 Å². The SMILES string of the molecule is Cc1nc2cc(-c3c(Br)c(C(=O)O)nn3C)ccc2o1. The van der Waals surface area contributed by atoms with E-state index in [0.717, 1.165) is 11.1 Å². The average molecular weight is 336 g/mol. The molecule has 3 aromatic rings. The highest BCUT2D eigenvalue weighted by Gasteiger charge is 2.20. The van der Waals surface area contributed by atoms with Crippen molar-refractivity contribution in [2.45, 2.75) is 6.92 Å². The third-order valence-electron chi connectivity index (χ3n) is 2.96. The Morgan fingerprint density at radius 1 is 1.45 bits per heavy atom. The summed E-state index contributed by atoms with van der Waals surface area (Å²) in [5, 5.41) is 13.1. The van der Waals surface area contributed by atoms with Gasteiger partial charge in [0.25, 0.3) is 0 Å². The van der Waals surface area contributed by atoms with Crippen molar-refractivity contribution in [3.8, 4) is 11.3 Å². The highest BCUT2D eigenvalue weighted by molar-refractivity contribution is 9.10. The Hall–Kier alpha value is -2.15. The number of fused-ring (bicyclic) bond motifs is 1. The first-order chi connectivity index (χ1) is 9.47. The van der Waals surface area contributed by atoms with Crippen LogP contribution in [0.15, 0.2) is 27.1 Å². The lowest BCUT2D eigenvalue weighted by molar-refractivity contribution is 0.0688. The van der Waals surface area contributed by atoms with Crippen LogP contribution < -0.4 is 0 Å². The van der Waals surface area contributed by atoms with Crippen LogP contribution in [0.1, 0.15) is 16.4 Å². The molecule has 1 N–H and O–H groups in total. The zero-order valence-electron chi connectivity index (χ0n) is 10.7. The van der Waals surface area contributed by atoms with Crippen LogP contribution in [0.3, 0.4) is 0 Å². The fourth-order valence-corrected chi connectivity index (χ4v) is 2.87. The standard InChI is InChI=1S/C13H10BrN3O3/c1-6-15-8-5-7(3-4-9(8)20-6)12-10(14)11(13(18)19)16-17(12)2/h3-5H,1-2H3,(H,18,19). The third kappa shape index (κ3) is 1.90. The van der Waals surface area contributed by atoms with Crippen LogP contribution in [0.5, 0.6) is 0 Å². The van der Waals surface area contributed by atoms with Gasteiger partial charge in [-0.1, -0.05) is 0 Å². The van der Waals surface area contributed by atoms with E-state index in [1.54, 1.807) is 14.0 Å². The number of halogens is 1. The number of aromatic carboxylic acids is 1. The van der Waals surface area contributed by atoms with Crippen LogP contribution >= 0.6 is 15.9 Å². The van der Waals surface area contributed by atoms with Gasteiger partial charge in [0.05, 0.1) is 10.2 Å². The quantitative estimate of drug-likeness (QED) is 0.778. The molecule has 102 valence electrons. The largest absolute Gasteiger partial charge is 0.476 e. The molecule has 0 atom stereocenters. The predicted molar refractivity (Wildman–Crippen MR) is 75.6 cm³/mol. The van der Waals surface area contributed by atoms with E-state index in [2.05, 4.69) is 26.0 Å². The summed E-state index contributed by atoms with van der Waals surface area (Å²) in [5.41, 5.74) is 2.91. The van der Waals surface area contributed by atoms with Crippen molar-refractivity contribution in [1.29, 1.82) is 0 Å². The lowest BCUT2D eigenvalue weighted by atomic mass is 10.1. The monoisotopic (exact) mass is 335 g/mol. The highest BCUT2D eigenvalue weighted by Crippen LogP contribution is 2.32. The van der Waals surface area contributed by atoms with Crippen LogP contribution in [0.2, 0.25) is 0 Å². The van der Waals surface area contributed by atoms with Gasteiger partial charge in [-0.2, -0.15) is 5.10 Å². The molecule has 0 bridgehead atoms. The minimum absolute atomic E-state index is 0.0149. The third-order valence-corrected chi connectivity index (χ3v) is 3.71. The molecule has 0 fully saturated rings. The van der Waals surface area contributed by atoms with Crippen LogP contribution in [0.25, 0.3) is 22.4 Å². The number of carboxylic acids is 1. The molecule has 6 nitrogen and oxygen atoms in total. The molecule has 0 saturated carbocycles. The molecule has 1 aromatic carbocycles. The maximum atomic E-state index is 11.1. The van der Waals surface area contributed by atoms with E-state index in [1.165, 1.54) is 4.68 Å². The van der Waals surface area contributed by atoms with Crippen molar-refractivity contribution in [2.75, 3.05) is 0 Å². The average Bonchev–Trinajstić information content (AvgIpc) is 2.88. The summed E-state index contributed by atoms with van der Waals surface area (Å²) in [6.45, 7) is 1.78. The minimum Gasteiger partial charge on any atom is -0.476 e. The number of aryl methyl sites for hydroxylation is 2. The summed E-state index contributed by atoms with van der Waals surface area (Å²) >= 11 is 3.30. The molecule has 3 rings (SSSR count). The van der Waals surface area contributed by atoms with Gasteiger partial charge in [0, 0.05) is 19.5 Å². The van der Waals surface area contributed by atoms with E-state index in [1.807, 2.05) is 18.2 Å². The number of benzene rings is 1. The minimum atomic E-state index is -1.07. The van der Waals surface area contributed by atoms with Gasteiger partial charge in [0.2, 0.25) is 0 Å². The molecule has 2 aromatic heterocycles. The van der Waals surface area contributed by atoms with Gasteiger partial charge in [-0.25, -0.2) is 9.78 Å². The molecule has 0 spiro atoms. The smallest absolute Gasteiger partial charge is 0.357 e. The lowest BCUT2D eigenvalue weighted by Gasteiger charge is -2.02. The number of carbonyl (C=O) groups is 1. The van der Waals surface area contributed by atoms with Gasteiger partial charge in [0.1, 0.15) is 5.52 Å². The van der Waals surface area contributed by atoms with Crippen LogP contribution in [-0.4, -0.2) is 25.8 Å². The van der Waals surface area contributed by atoms with Crippen LogP contribution in [0.4, 0.5) is 0 Å². The molecule has 0 aliphatic heterocycles. The number of aromatic nitrogens is 3. The summed E-state index contributed by atoms with van der Waals surface area (Å²) < 4.78 is 7.40. The second-order valence-corrected chi connectivity index (χ2v) is 5.15. The fourth-order valence-electron chi connectivity index (χ4n) is 2.14. The van der Waals surface area contributed by atoms with E-state index < -0.39 is 5.97 Å². The van der Waals surface area contributed by atoms with E-state index in [0.29, 0.717) is 21.6 Å². The summed E-state index contributed by atoms with van der Waals surface area (Å²) in [4.78, 5) is 15.4. The normalized spacial score (nSPS) is 11.2. The second kappa shape index (κ2) is 4.45. The van der Waals surface area contributed by atoms with Crippen molar-refractivity contribution in [3.63, 3.8) is 0 Å². The first-order valence-corrected chi connectivity index (χ1v) is 6.60. The molecule has 0 saturated heterocycles. The number of oxazole rings is 1. The molecule has 0 amide bonds. The molecule has 0 aliphatic rings. The zero-order chi connectivity index (χ0) is 14.4. The van der Waals surface area contributed by atoms with Gasteiger partial charge in [-0.05, 0) is 34.1 Å². The molecule has 2 heterocycles. The van der Waals surface area contributed by atoms with Gasteiger partial charge < -0.3 is 9.52 Å². The van der Waals surface area contributed by atoms with E-state index >= 15 is 0 Å². The molecule has 0 unspecified atom stereocenters. The molecular formula is C13H10BrN3O3. The van der Waals surface area contributed by atoms with Crippen molar-refractivity contribution in [3.05, 3.63) is 34.3 Å². The molecule has 20 heavy (non-hydrogen) atoms. The Bertz CT molecular complexity index is 835. The Balaban J connectivity index is 2.22. The Morgan fingerprint density at radius 3 is 2.85 bits per heavy atom. The molecule has 7 heteroatoms. The zero-order valence-corrected chi connectivity index (χ0v) is 12.3. The number of hydrogen-bond acceptors (Lipinski definition) is 4. The molecule has 0 radical (unpaired) electrons.